The molecule has 0 aromatic carbocycles. The van der Waals surface area contributed by atoms with Crippen molar-refractivity contribution in [2.75, 3.05) is 26.2 Å². The molecule has 2 fully saturated rings. The van der Waals surface area contributed by atoms with Crippen LogP contribution in [0, 0.1) is 19.8 Å². The summed E-state index contributed by atoms with van der Waals surface area (Å²) >= 11 is 0. The first kappa shape index (κ1) is 11.3. The van der Waals surface area contributed by atoms with Crippen molar-refractivity contribution in [1.82, 2.24) is 10.2 Å². The van der Waals surface area contributed by atoms with E-state index < -0.39 is 0 Å². The highest BCUT2D eigenvalue weighted by Gasteiger charge is 2.38. The molecule has 0 amide bonds. The van der Waals surface area contributed by atoms with Gasteiger partial charge in [-0.2, -0.15) is 0 Å². The van der Waals surface area contributed by atoms with E-state index >= 15 is 0 Å². The largest absolute Gasteiger partial charge is 0.464 e. The second-order valence-electron chi connectivity index (χ2n) is 5.46. The predicted octanol–water partition coefficient (Wildman–Crippen LogP) is 2.25. The number of piperazine rings is 1. The first-order chi connectivity index (χ1) is 8.25. The first-order valence-corrected chi connectivity index (χ1v) is 6.77. The average Bonchev–Trinajstić information content (AvgIpc) is 3.09. The molecule has 2 aliphatic rings. The minimum Gasteiger partial charge on any atom is -0.464 e. The fourth-order valence-corrected chi connectivity index (χ4v) is 2.83. The van der Waals surface area contributed by atoms with Gasteiger partial charge >= 0.3 is 0 Å². The Kier molecular flexibility index (Phi) is 2.97. The van der Waals surface area contributed by atoms with E-state index in [2.05, 4.69) is 30.1 Å². The summed E-state index contributed by atoms with van der Waals surface area (Å²) in [4.78, 5) is 2.60. The van der Waals surface area contributed by atoms with Gasteiger partial charge in [0.15, 0.2) is 0 Å². The van der Waals surface area contributed by atoms with Crippen molar-refractivity contribution in [2.24, 2.45) is 5.92 Å². The van der Waals surface area contributed by atoms with Crippen LogP contribution in [-0.2, 0) is 0 Å². The normalized spacial score (nSPS) is 23.9. The van der Waals surface area contributed by atoms with Crippen LogP contribution in [0.3, 0.4) is 0 Å². The molecule has 2 heterocycles. The van der Waals surface area contributed by atoms with Crippen LogP contribution in [-0.4, -0.2) is 31.1 Å². The van der Waals surface area contributed by atoms with E-state index in [1.165, 1.54) is 24.2 Å². The number of nitrogens with zero attached hydrogens (tertiary/aromatic N) is 1. The Morgan fingerprint density at radius 3 is 2.53 bits per heavy atom. The van der Waals surface area contributed by atoms with Crippen LogP contribution in [0.5, 0.6) is 0 Å². The number of hydrogen-bond acceptors (Lipinski definition) is 3. The van der Waals surface area contributed by atoms with E-state index in [0.29, 0.717) is 6.04 Å². The molecule has 1 atom stereocenters. The van der Waals surface area contributed by atoms with Gasteiger partial charge in [0.05, 0.1) is 6.04 Å². The van der Waals surface area contributed by atoms with Crippen molar-refractivity contribution in [3.05, 3.63) is 23.2 Å². The molecule has 1 saturated carbocycles. The summed E-state index contributed by atoms with van der Waals surface area (Å²) in [6.07, 6.45) is 2.74. The van der Waals surface area contributed by atoms with Crippen LogP contribution >= 0.6 is 0 Å². The molecule has 3 heteroatoms. The van der Waals surface area contributed by atoms with Gasteiger partial charge in [0.1, 0.15) is 11.5 Å². The summed E-state index contributed by atoms with van der Waals surface area (Å²) in [6.45, 7) is 8.74. The zero-order chi connectivity index (χ0) is 11.8. The van der Waals surface area contributed by atoms with Crippen LogP contribution in [0.1, 0.15) is 36.0 Å². The lowest BCUT2D eigenvalue weighted by Crippen LogP contribution is -2.45. The number of rotatable bonds is 3. The molecule has 1 N–H and O–H groups in total. The van der Waals surface area contributed by atoms with Gasteiger partial charge in [-0.1, -0.05) is 0 Å². The van der Waals surface area contributed by atoms with Crippen molar-refractivity contribution < 1.29 is 4.42 Å². The van der Waals surface area contributed by atoms with Crippen molar-refractivity contribution in [3.8, 4) is 0 Å². The van der Waals surface area contributed by atoms with Crippen molar-refractivity contribution in [3.63, 3.8) is 0 Å². The Morgan fingerprint density at radius 2 is 2.00 bits per heavy atom. The molecular weight excluding hydrogens is 212 g/mol. The molecular formula is C14H22N2O. The molecule has 1 aromatic rings. The lowest BCUT2D eigenvalue weighted by atomic mass is 10.1. The van der Waals surface area contributed by atoms with E-state index in [1.807, 2.05) is 0 Å². The van der Waals surface area contributed by atoms with E-state index in [1.54, 1.807) is 0 Å². The third-order valence-corrected chi connectivity index (χ3v) is 4.09. The van der Waals surface area contributed by atoms with E-state index in [-0.39, 0.29) is 0 Å². The standard InChI is InChI=1S/C14H22N2O/c1-10-9-13(17-11(10)2)14(12-3-4-12)16-7-5-15-6-8-16/h9,12,14-15H,3-8H2,1-2H3/t14-/m1/s1. The Bertz CT molecular complexity index is 369. The van der Waals surface area contributed by atoms with Gasteiger partial charge in [0.25, 0.3) is 0 Å². The lowest BCUT2D eigenvalue weighted by molar-refractivity contribution is 0.136. The van der Waals surface area contributed by atoms with Gasteiger partial charge in [-0.15, -0.1) is 0 Å². The van der Waals surface area contributed by atoms with Crippen LogP contribution in [0.2, 0.25) is 0 Å². The van der Waals surface area contributed by atoms with E-state index in [4.69, 9.17) is 4.42 Å². The molecule has 1 aliphatic heterocycles. The fourth-order valence-electron chi connectivity index (χ4n) is 2.83. The summed E-state index contributed by atoms with van der Waals surface area (Å²) < 4.78 is 5.97. The second kappa shape index (κ2) is 4.46. The summed E-state index contributed by atoms with van der Waals surface area (Å²) in [6, 6.07) is 2.78. The van der Waals surface area contributed by atoms with Gasteiger partial charge in [0.2, 0.25) is 0 Å². The van der Waals surface area contributed by atoms with Crippen LogP contribution < -0.4 is 5.32 Å². The Morgan fingerprint density at radius 1 is 1.29 bits per heavy atom. The van der Waals surface area contributed by atoms with Gasteiger partial charge in [-0.3, -0.25) is 4.90 Å². The Balaban J connectivity index is 1.83. The minimum atomic E-state index is 0.532. The lowest BCUT2D eigenvalue weighted by Gasteiger charge is -2.34. The molecule has 3 rings (SSSR count). The zero-order valence-electron chi connectivity index (χ0n) is 10.8. The van der Waals surface area contributed by atoms with Crippen molar-refractivity contribution >= 4 is 0 Å². The van der Waals surface area contributed by atoms with Gasteiger partial charge in [-0.25, -0.2) is 0 Å². The molecule has 17 heavy (non-hydrogen) atoms. The smallest absolute Gasteiger partial charge is 0.121 e. The first-order valence-electron chi connectivity index (χ1n) is 6.77. The van der Waals surface area contributed by atoms with Gasteiger partial charge in [-0.05, 0) is 44.2 Å². The molecule has 0 radical (unpaired) electrons. The maximum atomic E-state index is 5.97. The molecule has 1 aliphatic carbocycles. The minimum absolute atomic E-state index is 0.532. The second-order valence-corrected chi connectivity index (χ2v) is 5.46. The van der Waals surface area contributed by atoms with Crippen molar-refractivity contribution in [2.45, 2.75) is 32.7 Å². The highest BCUT2D eigenvalue weighted by Crippen LogP contribution is 2.45. The maximum absolute atomic E-state index is 5.97. The summed E-state index contributed by atoms with van der Waals surface area (Å²) in [5.74, 6) is 3.11. The third kappa shape index (κ3) is 2.26. The maximum Gasteiger partial charge on any atom is 0.121 e. The average molecular weight is 234 g/mol. The third-order valence-electron chi connectivity index (χ3n) is 4.09. The van der Waals surface area contributed by atoms with Crippen LogP contribution in [0.15, 0.2) is 10.5 Å². The van der Waals surface area contributed by atoms with E-state index in [9.17, 15) is 0 Å². The van der Waals surface area contributed by atoms with Crippen molar-refractivity contribution in [1.29, 1.82) is 0 Å². The molecule has 94 valence electrons. The van der Waals surface area contributed by atoms with Gasteiger partial charge in [0, 0.05) is 26.2 Å². The highest BCUT2D eigenvalue weighted by molar-refractivity contribution is 5.22. The summed E-state index contributed by atoms with van der Waals surface area (Å²) in [5, 5.41) is 3.42. The van der Waals surface area contributed by atoms with E-state index in [0.717, 1.165) is 37.9 Å². The van der Waals surface area contributed by atoms with Gasteiger partial charge < -0.3 is 9.73 Å². The molecule has 1 saturated heterocycles. The number of nitrogens with one attached hydrogen (secondary N) is 1. The Hall–Kier alpha value is -0.800. The molecule has 0 spiro atoms. The summed E-state index contributed by atoms with van der Waals surface area (Å²) in [7, 11) is 0. The highest BCUT2D eigenvalue weighted by atomic mass is 16.3. The zero-order valence-corrected chi connectivity index (χ0v) is 10.8. The topological polar surface area (TPSA) is 28.4 Å². The molecule has 0 unspecified atom stereocenters. The molecule has 3 nitrogen and oxygen atoms in total. The fraction of sp³-hybridized carbons (Fsp3) is 0.714. The SMILES string of the molecule is Cc1cc([C@@H](C2CC2)N2CCNCC2)oc1C. The number of aryl methyl sites for hydroxylation is 2. The van der Waals surface area contributed by atoms with Crippen LogP contribution in [0.4, 0.5) is 0 Å². The number of furan rings is 1. The van der Waals surface area contributed by atoms with Crippen LogP contribution in [0.25, 0.3) is 0 Å². The molecule has 0 bridgehead atoms. The molecule has 1 aromatic heterocycles. The monoisotopic (exact) mass is 234 g/mol. The number of hydrogen-bond donors (Lipinski definition) is 1. The Labute approximate surface area is 103 Å². The summed E-state index contributed by atoms with van der Waals surface area (Å²) in [5.41, 5.74) is 1.29. The predicted molar refractivity (Wildman–Crippen MR) is 68.1 cm³/mol. The quantitative estimate of drug-likeness (QED) is 0.869.